The molecule has 19 heavy (non-hydrogen) atoms. The molecule has 0 spiro atoms. The van der Waals surface area contributed by atoms with Crippen molar-refractivity contribution >= 4 is 28.6 Å². The van der Waals surface area contributed by atoms with E-state index < -0.39 is 0 Å². The zero-order chi connectivity index (χ0) is 13.6. The molecule has 1 aromatic heterocycles. The monoisotopic (exact) mass is 281 g/mol. The van der Waals surface area contributed by atoms with Gasteiger partial charge in [-0.2, -0.15) is 4.37 Å². The lowest BCUT2D eigenvalue weighted by atomic mass is 10.2. The fourth-order valence-corrected chi connectivity index (χ4v) is 3.05. The maximum Gasteiger partial charge on any atom is 0.327 e. The predicted octanol–water partition coefficient (Wildman–Crippen LogP) is 0.531. The standard InChI is InChI=1S/C11H15N5O2S/c1-14(2)10-12-8(13-19-10)6-16-9(17)7-4-3-5-15(7)11(16)18/h7H,3-6H2,1-2H3/t7-/m1/s1. The molecule has 3 rings (SSSR count). The third-order valence-electron chi connectivity index (χ3n) is 3.42. The summed E-state index contributed by atoms with van der Waals surface area (Å²) in [7, 11) is 3.76. The lowest BCUT2D eigenvalue weighted by molar-refractivity contribution is -0.128. The van der Waals surface area contributed by atoms with E-state index in [0.717, 1.165) is 18.0 Å². The molecule has 0 aliphatic carbocycles. The zero-order valence-electron chi connectivity index (χ0n) is 10.9. The molecule has 2 fully saturated rings. The van der Waals surface area contributed by atoms with Crippen LogP contribution in [0.2, 0.25) is 0 Å². The highest BCUT2D eigenvalue weighted by Gasteiger charge is 2.47. The van der Waals surface area contributed by atoms with Crippen LogP contribution in [0.5, 0.6) is 0 Å². The average molecular weight is 281 g/mol. The largest absolute Gasteiger partial charge is 0.353 e. The molecule has 2 aliphatic heterocycles. The van der Waals surface area contributed by atoms with Crippen LogP contribution in [0.1, 0.15) is 18.7 Å². The van der Waals surface area contributed by atoms with E-state index >= 15 is 0 Å². The first kappa shape index (κ1) is 12.3. The number of imide groups is 1. The summed E-state index contributed by atoms with van der Waals surface area (Å²) >= 11 is 1.27. The Labute approximate surface area is 115 Å². The lowest BCUT2D eigenvalue weighted by Gasteiger charge is -2.13. The van der Waals surface area contributed by atoms with Gasteiger partial charge in [0.15, 0.2) is 5.82 Å². The van der Waals surface area contributed by atoms with Gasteiger partial charge >= 0.3 is 6.03 Å². The van der Waals surface area contributed by atoms with Crippen molar-refractivity contribution in [3.05, 3.63) is 5.82 Å². The van der Waals surface area contributed by atoms with Crippen molar-refractivity contribution in [1.82, 2.24) is 19.2 Å². The summed E-state index contributed by atoms with van der Waals surface area (Å²) in [6.07, 6.45) is 1.68. The number of carbonyl (C=O) groups excluding carboxylic acids is 2. The quantitative estimate of drug-likeness (QED) is 0.756. The highest BCUT2D eigenvalue weighted by Crippen LogP contribution is 2.28. The van der Waals surface area contributed by atoms with E-state index in [2.05, 4.69) is 9.36 Å². The molecule has 102 valence electrons. The molecule has 0 bridgehead atoms. The molecule has 2 aliphatic rings. The van der Waals surface area contributed by atoms with Gasteiger partial charge in [-0.1, -0.05) is 0 Å². The van der Waals surface area contributed by atoms with Gasteiger partial charge in [0.25, 0.3) is 5.91 Å². The van der Waals surface area contributed by atoms with E-state index in [4.69, 9.17) is 0 Å². The number of aromatic nitrogens is 2. The number of hydrogen-bond acceptors (Lipinski definition) is 6. The van der Waals surface area contributed by atoms with Crippen molar-refractivity contribution in [2.75, 3.05) is 25.5 Å². The van der Waals surface area contributed by atoms with Crippen LogP contribution in [0, 0.1) is 0 Å². The van der Waals surface area contributed by atoms with Crippen LogP contribution in [0.3, 0.4) is 0 Å². The van der Waals surface area contributed by atoms with Gasteiger partial charge < -0.3 is 9.80 Å². The molecule has 8 heteroatoms. The van der Waals surface area contributed by atoms with E-state index in [1.807, 2.05) is 19.0 Å². The topological polar surface area (TPSA) is 69.6 Å². The number of urea groups is 1. The second-order valence-corrected chi connectivity index (χ2v) is 5.68. The van der Waals surface area contributed by atoms with E-state index in [9.17, 15) is 9.59 Å². The number of hydrogen-bond donors (Lipinski definition) is 0. The molecule has 0 aromatic carbocycles. The Morgan fingerprint density at radius 1 is 1.42 bits per heavy atom. The van der Waals surface area contributed by atoms with Gasteiger partial charge in [-0.3, -0.25) is 9.69 Å². The molecule has 0 saturated carbocycles. The lowest BCUT2D eigenvalue weighted by Crippen LogP contribution is -2.33. The van der Waals surface area contributed by atoms with Gasteiger partial charge in [0.1, 0.15) is 6.04 Å². The molecular formula is C11H15N5O2S. The summed E-state index contributed by atoms with van der Waals surface area (Å²) in [6, 6.07) is -0.451. The van der Waals surface area contributed by atoms with Crippen molar-refractivity contribution in [2.24, 2.45) is 0 Å². The van der Waals surface area contributed by atoms with Crippen LogP contribution in [0.25, 0.3) is 0 Å². The smallest absolute Gasteiger partial charge is 0.327 e. The maximum atomic E-state index is 12.1. The molecule has 2 saturated heterocycles. The fourth-order valence-electron chi connectivity index (χ4n) is 2.46. The maximum absolute atomic E-state index is 12.1. The first-order valence-corrected chi connectivity index (χ1v) is 6.97. The Kier molecular flexibility index (Phi) is 2.89. The summed E-state index contributed by atoms with van der Waals surface area (Å²) in [5.74, 6) is 0.417. The van der Waals surface area contributed by atoms with Gasteiger partial charge in [-0.05, 0) is 12.8 Å². The van der Waals surface area contributed by atoms with Crippen LogP contribution in [0.15, 0.2) is 0 Å². The van der Waals surface area contributed by atoms with E-state index in [-0.39, 0.29) is 24.5 Å². The third kappa shape index (κ3) is 1.95. The Bertz CT molecular complexity index is 507. The van der Waals surface area contributed by atoms with Crippen LogP contribution < -0.4 is 4.90 Å². The van der Waals surface area contributed by atoms with Gasteiger partial charge in [0, 0.05) is 32.2 Å². The molecule has 3 heterocycles. The molecule has 0 N–H and O–H groups in total. The Morgan fingerprint density at radius 2 is 2.21 bits per heavy atom. The number of nitrogens with zero attached hydrogens (tertiary/aromatic N) is 5. The number of anilines is 1. The molecule has 0 radical (unpaired) electrons. The molecule has 1 aromatic rings. The van der Waals surface area contributed by atoms with Crippen molar-refractivity contribution in [3.8, 4) is 0 Å². The number of amides is 3. The highest BCUT2D eigenvalue weighted by molar-refractivity contribution is 7.09. The first-order chi connectivity index (χ1) is 9.08. The van der Waals surface area contributed by atoms with Gasteiger partial charge in [0.2, 0.25) is 5.13 Å². The second-order valence-electron chi connectivity index (χ2n) is 4.95. The number of rotatable bonds is 3. The Morgan fingerprint density at radius 3 is 2.84 bits per heavy atom. The predicted molar refractivity (Wildman–Crippen MR) is 69.9 cm³/mol. The minimum atomic E-state index is -0.251. The summed E-state index contributed by atoms with van der Waals surface area (Å²) in [6.45, 7) is 0.855. The number of fused-ring (bicyclic) bond motifs is 1. The van der Waals surface area contributed by atoms with Crippen LogP contribution in [-0.2, 0) is 11.3 Å². The van der Waals surface area contributed by atoms with Crippen LogP contribution >= 0.6 is 11.5 Å². The normalized spacial score (nSPS) is 22.3. The molecular weight excluding hydrogens is 266 g/mol. The third-order valence-corrected chi connectivity index (χ3v) is 4.34. The summed E-state index contributed by atoms with van der Waals surface area (Å²) in [5.41, 5.74) is 0. The van der Waals surface area contributed by atoms with Crippen LogP contribution in [0.4, 0.5) is 9.93 Å². The highest BCUT2D eigenvalue weighted by atomic mass is 32.1. The SMILES string of the molecule is CN(C)c1nc(CN2C(=O)[C@H]3CCCN3C2=O)ns1. The molecule has 7 nitrogen and oxygen atoms in total. The van der Waals surface area contributed by atoms with E-state index in [1.54, 1.807) is 4.90 Å². The summed E-state index contributed by atoms with van der Waals surface area (Å²) in [4.78, 5) is 33.3. The molecule has 0 unspecified atom stereocenters. The van der Waals surface area contributed by atoms with Crippen molar-refractivity contribution in [2.45, 2.75) is 25.4 Å². The fraction of sp³-hybridized carbons (Fsp3) is 0.636. The van der Waals surface area contributed by atoms with Gasteiger partial charge in [-0.25, -0.2) is 9.78 Å². The molecule has 3 amide bonds. The second kappa shape index (κ2) is 4.44. The number of carbonyl (C=O) groups is 2. The van der Waals surface area contributed by atoms with Crippen molar-refractivity contribution in [3.63, 3.8) is 0 Å². The first-order valence-electron chi connectivity index (χ1n) is 6.20. The van der Waals surface area contributed by atoms with E-state index in [1.165, 1.54) is 16.4 Å². The van der Waals surface area contributed by atoms with Gasteiger partial charge in [0.05, 0.1) is 6.54 Å². The minimum Gasteiger partial charge on any atom is -0.353 e. The minimum absolute atomic E-state index is 0.108. The zero-order valence-corrected chi connectivity index (χ0v) is 11.7. The summed E-state index contributed by atoms with van der Waals surface area (Å²) in [5, 5.41) is 0.773. The van der Waals surface area contributed by atoms with Gasteiger partial charge in [-0.15, -0.1) is 0 Å². The summed E-state index contributed by atoms with van der Waals surface area (Å²) < 4.78 is 4.19. The van der Waals surface area contributed by atoms with Crippen molar-refractivity contribution < 1.29 is 9.59 Å². The van der Waals surface area contributed by atoms with Crippen LogP contribution in [-0.4, -0.2) is 57.8 Å². The Balaban J connectivity index is 1.76. The van der Waals surface area contributed by atoms with E-state index in [0.29, 0.717) is 12.4 Å². The average Bonchev–Trinajstić information content (AvgIpc) is 3.06. The molecule has 1 atom stereocenters. The van der Waals surface area contributed by atoms with Crippen molar-refractivity contribution in [1.29, 1.82) is 0 Å². The Hall–Kier alpha value is -1.70.